The molecule has 16 heterocycles. The monoisotopic (exact) mass is 1920 g/mol. The molecule has 0 fully saturated rings. The van der Waals surface area contributed by atoms with Gasteiger partial charge in [-0.05, 0) is 255 Å². The van der Waals surface area contributed by atoms with E-state index in [-0.39, 0.29) is 53.4 Å². The zero-order valence-electron chi connectivity index (χ0n) is 75.4. The third-order valence-electron chi connectivity index (χ3n) is 25.9. The van der Waals surface area contributed by atoms with Crippen molar-refractivity contribution in [1.29, 1.82) is 0 Å². The molecule has 20 aromatic rings. The quantitative estimate of drug-likeness (QED) is 0.0460. The number of hydrogen-bond acceptors (Lipinski definition) is 16. The molecule has 24 nitrogen and oxygen atoms in total. The normalized spacial score (nSPS) is 15.1. The largest absolute Gasteiger partial charge is 0.368 e. The molecule has 8 aromatic carbocycles. The fourth-order valence-corrected chi connectivity index (χ4v) is 20.3. The van der Waals surface area contributed by atoms with E-state index in [1.807, 2.05) is 97.9 Å². The average Bonchev–Trinajstić information content (AvgIpc) is 1.60. The van der Waals surface area contributed by atoms with Gasteiger partial charge < -0.3 is 58.2 Å². The lowest BCUT2D eigenvalue weighted by Crippen LogP contribution is -2.14. The van der Waals surface area contributed by atoms with Crippen molar-refractivity contribution < 1.29 is 17.6 Å². The summed E-state index contributed by atoms with van der Waals surface area (Å²) in [6.45, 7) is 8.77. The molecule has 0 unspecified atom stereocenters. The molecule has 4 atom stereocenters. The van der Waals surface area contributed by atoms with Crippen molar-refractivity contribution in [3.8, 4) is 90.6 Å². The summed E-state index contributed by atoms with van der Waals surface area (Å²) in [5.74, 6) is 4.86. The van der Waals surface area contributed by atoms with Crippen LogP contribution in [0.15, 0.2) is 268 Å². The molecule has 5 N–H and O–H groups in total. The Kier molecular flexibility index (Phi) is 25.2. The van der Waals surface area contributed by atoms with Crippen LogP contribution in [0.2, 0.25) is 20.1 Å². The molecule has 4 aliphatic rings. The summed E-state index contributed by atoms with van der Waals surface area (Å²) < 4.78 is 72.9. The molecule has 0 spiro atoms. The van der Waals surface area contributed by atoms with Crippen LogP contribution in [0, 0.1) is 23.3 Å². The first-order chi connectivity index (χ1) is 67.4. The third kappa shape index (κ3) is 18.2. The highest BCUT2D eigenvalue weighted by Gasteiger charge is 2.37. The van der Waals surface area contributed by atoms with E-state index in [1.54, 1.807) is 80.4 Å². The van der Waals surface area contributed by atoms with Crippen molar-refractivity contribution in [1.82, 2.24) is 96.3 Å². The van der Waals surface area contributed by atoms with Crippen LogP contribution in [0.1, 0.15) is 93.4 Å². The zero-order valence-corrected chi connectivity index (χ0v) is 78.4. The van der Waals surface area contributed by atoms with Crippen molar-refractivity contribution in [3.63, 3.8) is 0 Å². The molecule has 0 radical (unpaired) electrons. The van der Waals surface area contributed by atoms with E-state index in [0.29, 0.717) is 28.6 Å². The Morgan fingerprint density at radius 2 is 0.601 bits per heavy atom. The van der Waals surface area contributed by atoms with Crippen LogP contribution in [-0.4, -0.2) is 116 Å². The van der Waals surface area contributed by atoms with E-state index in [9.17, 15) is 17.6 Å². The minimum atomic E-state index is -0.283. The molecule has 0 aliphatic carbocycles. The molecular formula is C106H92Cl4F4N24. The van der Waals surface area contributed by atoms with Crippen molar-refractivity contribution in [2.24, 2.45) is 0 Å². The molecule has 4 aliphatic heterocycles. The summed E-state index contributed by atoms with van der Waals surface area (Å²) in [6, 6.07) is 66.5. The van der Waals surface area contributed by atoms with Crippen molar-refractivity contribution in [2.45, 2.75) is 122 Å². The average molecular weight is 1920 g/mol. The summed E-state index contributed by atoms with van der Waals surface area (Å²) in [6.07, 6.45) is 23.7. The van der Waals surface area contributed by atoms with Crippen LogP contribution < -0.4 is 21.7 Å². The van der Waals surface area contributed by atoms with Gasteiger partial charge in [0, 0.05) is 186 Å². The minimum Gasteiger partial charge on any atom is -0.368 e. The number of nitrogens with one attached hydrogen (secondary N) is 3. The summed E-state index contributed by atoms with van der Waals surface area (Å²) in [5.41, 5.74) is 23.8. The topological polar surface area (TPSA) is 256 Å². The van der Waals surface area contributed by atoms with Gasteiger partial charge in [-0.2, -0.15) is 0 Å². The second-order valence-corrected chi connectivity index (χ2v) is 36.4. The molecular weight excluding hydrogens is 1830 g/mol. The number of aryl methyl sites for hydroxylation is 4. The number of aromatic nitrogens is 20. The summed E-state index contributed by atoms with van der Waals surface area (Å²) in [5, 5.41) is 17.0. The van der Waals surface area contributed by atoms with Crippen LogP contribution in [0.25, 0.3) is 134 Å². The number of fused-ring (bicyclic) bond motifs is 8. The number of anilines is 4. The second kappa shape index (κ2) is 38.7. The van der Waals surface area contributed by atoms with E-state index in [0.717, 1.165) is 264 Å². The van der Waals surface area contributed by atoms with Gasteiger partial charge in [0.15, 0.2) is 0 Å². The van der Waals surface area contributed by atoms with Crippen molar-refractivity contribution >= 4 is 114 Å². The molecule has 0 saturated heterocycles. The number of nitrogens with zero attached hydrogens (tertiary/aromatic N) is 20. The first kappa shape index (κ1) is 89.7. The van der Waals surface area contributed by atoms with Crippen LogP contribution >= 0.6 is 46.4 Å². The SMILES string of the molecule is CCCNc1nccc(-c2c(-c3ccc(F)cc3)nc3n2[C@H](Cn2ccc4ccc(Cl)cc42)CC3)n1.CCNc1nccc(-c2c(-c3ccc(F)cc3)nc3n2[C@H](Cn2ccc4ccc(Cl)cc42)CC3)n1.CNc1nccc(-c2c(-c3ccc(F)cc3)nc3n2[C@H](Cn2ccc4ccc(Cl)cc42)CC3)n1.Nc1nccc(-c2c(-c3ccc(F)cc3)nc3n2[C@H](Cn2ccc4ccc(Cl)cc42)CC3)n1. The third-order valence-corrected chi connectivity index (χ3v) is 26.9. The summed E-state index contributed by atoms with van der Waals surface area (Å²) in [4.78, 5) is 56.0. The maximum atomic E-state index is 13.7. The Balaban J connectivity index is 0.000000110. The molecule has 0 amide bonds. The molecule has 138 heavy (non-hydrogen) atoms. The lowest BCUT2D eigenvalue weighted by molar-refractivity contribution is 0.459. The number of hydrogen-bond donors (Lipinski definition) is 4. The van der Waals surface area contributed by atoms with Crippen LogP contribution in [0.4, 0.5) is 41.4 Å². The number of benzene rings is 8. The predicted molar refractivity (Wildman–Crippen MR) is 539 cm³/mol. The van der Waals surface area contributed by atoms with Gasteiger partial charge in [-0.1, -0.05) is 77.6 Å². The molecule has 32 heteroatoms. The lowest BCUT2D eigenvalue weighted by atomic mass is 10.1. The second-order valence-electron chi connectivity index (χ2n) is 34.7. The lowest BCUT2D eigenvalue weighted by Gasteiger charge is -2.19. The highest BCUT2D eigenvalue weighted by atomic mass is 35.5. The summed E-state index contributed by atoms with van der Waals surface area (Å²) in [7, 11) is 1.80. The molecule has 24 rings (SSSR count). The standard InChI is InChI=1S/C28H26ClFN6.C27H24ClFN6.C26H22ClFN6.C25H20ClFN6/c1-2-13-31-28-32-14-11-23(33-28)27-26(19-4-7-21(30)8-5-19)34-25-10-9-22(36(25)27)17-35-15-12-18-3-6-20(29)16-24(18)35;1-2-30-27-31-13-11-22(32-27)26-25(18-4-7-20(29)8-5-18)33-24-10-9-21(35(24)26)16-34-14-12-17-3-6-19(28)15-23(17)34;1-29-26-30-12-10-21(31-26)25-24(17-3-6-19(28)7-4-17)32-23-9-8-20(34(23)25)15-33-13-11-16-2-5-18(27)14-22(16)33;26-17-4-1-15-10-12-32(21(15)13-17)14-19-7-8-22-31-23(16-2-5-18(27)6-3-16)24(33(19)22)20-9-11-29-25(28)30-20/h3-8,11-12,14-16,22H,2,9-10,13,17H2,1H3,(H,31,32,33);3-8,11-15,21H,2,9-10,16H2,1H3,(H,30,31,32);2-7,10-14,20H,8-9,15H2,1H3,(H,29,30,31);1-6,9-13,19H,7-8,14H2,(H2,28,29,30)/t22-;21-;20-;19-/m0000/s1. The van der Waals surface area contributed by atoms with Gasteiger partial charge in [0.05, 0.1) is 92.5 Å². The Bertz CT molecular complexity index is 7890. The van der Waals surface area contributed by atoms with Gasteiger partial charge in [0.2, 0.25) is 23.8 Å². The fourth-order valence-electron chi connectivity index (χ4n) is 19.6. The molecule has 12 aromatic heterocycles. The van der Waals surface area contributed by atoms with E-state index < -0.39 is 0 Å². The number of nitrogen functional groups attached to an aromatic ring is 1. The van der Waals surface area contributed by atoms with Gasteiger partial charge in [0.1, 0.15) is 46.6 Å². The maximum Gasteiger partial charge on any atom is 0.223 e. The molecule has 692 valence electrons. The number of nitrogens with two attached hydrogens (primary N) is 1. The Labute approximate surface area is 811 Å². The predicted octanol–water partition coefficient (Wildman–Crippen LogP) is 24.6. The number of halogens is 8. The van der Waals surface area contributed by atoms with E-state index in [2.05, 4.69) is 139 Å². The van der Waals surface area contributed by atoms with Gasteiger partial charge in [-0.3, -0.25) is 0 Å². The summed E-state index contributed by atoms with van der Waals surface area (Å²) >= 11 is 25.2. The first-order valence-electron chi connectivity index (χ1n) is 46.1. The van der Waals surface area contributed by atoms with Gasteiger partial charge in [-0.15, -0.1) is 0 Å². The van der Waals surface area contributed by atoms with Gasteiger partial charge >= 0.3 is 0 Å². The van der Waals surface area contributed by atoms with Crippen LogP contribution in [0.5, 0.6) is 0 Å². The Morgan fingerprint density at radius 3 is 0.884 bits per heavy atom. The van der Waals surface area contributed by atoms with Crippen LogP contribution in [0.3, 0.4) is 0 Å². The van der Waals surface area contributed by atoms with Gasteiger partial charge in [-0.25, -0.2) is 77.4 Å². The van der Waals surface area contributed by atoms with E-state index in [1.165, 1.54) is 48.5 Å². The first-order valence-corrected chi connectivity index (χ1v) is 47.6. The molecule has 0 bridgehead atoms. The maximum absolute atomic E-state index is 13.7. The van der Waals surface area contributed by atoms with Gasteiger partial charge in [0.25, 0.3) is 0 Å². The minimum absolute atomic E-state index is 0.169. The highest BCUT2D eigenvalue weighted by Crippen LogP contribution is 2.47. The Hall–Kier alpha value is -14.8. The molecule has 0 saturated carbocycles. The zero-order chi connectivity index (χ0) is 94.3. The van der Waals surface area contributed by atoms with E-state index >= 15 is 0 Å². The fraction of sp³-hybridized carbons (Fsp3) is 0.208. The van der Waals surface area contributed by atoms with Crippen molar-refractivity contribution in [2.75, 3.05) is 41.8 Å². The Morgan fingerprint density at radius 1 is 0.326 bits per heavy atom. The van der Waals surface area contributed by atoms with Crippen molar-refractivity contribution in [3.05, 3.63) is 335 Å². The number of rotatable bonds is 22. The smallest absolute Gasteiger partial charge is 0.223 e. The number of imidazole rings is 4. The highest BCUT2D eigenvalue weighted by molar-refractivity contribution is 6.32. The van der Waals surface area contributed by atoms with E-state index in [4.69, 9.17) is 87.0 Å². The van der Waals surface area contributed by atoms with Crippen LogP contribution in [-0.2, 0) is 51.9 Å².